The van der Waals surface area contributed by atoms with Gasteiger partial charge in [0.25, 0.3) is 0 Å². The van der Waals surface area contributed by atoms with E-state index in [1.807, 2.05) is 18.2 Å². The summed E-state index contributed by atoms with van der Waals surface area (Å²) in [5, 5.41) is 6.56. The molecule has 3 aromatic rings. The van der Waals surface area contributed by atoms with Gasteiger partial charge in [-0.3, -0.25) is 4.99 Å². The molecule has 3 rings (SSSR count). The zero-order valence-corrected chi connectivity index (χ0v) is 17.9. The largest absolute Gasteiger partial charge is 0.493 e. The van der Waals surface area contributed by atoms with E-state index in [0.717, 1.165) is 29.0 Å². The molecule has 1 aromatic heterocycles. The number of nitrogens with one attached hydrogen (secondary N) is 2. The van der Waals surface area contributed by atoms with Gasteiger partial charge in [0.05, 0.1) is 19.9 Å². The van der Waals surface area contributed by atoms with Gasteiger partial charge in [-0.1, -0.05) is 6.07 Å². The normalized spacial score (nSPS) is 11.3. The standard InChI is InChI=1S/C23H27FN4O3/c1-25-23(26-12-10-16-4-9-20(29-2)21(14-16)30-3)27-13-11-19-15-31-22(28-19)17-5-7-18(24)8-6-17/h4-9,14-15H,10-13H2,1-3H3,(H2,25,26,27). The Bertz CT molecular complexity index is 1000. The highest BCUT2D eigenvalue weighted by Gasteiger charge is 2.08. The summed E-state index contributed by atoms with van der Waals surface area (Å²) in [6, 6.07) is 12.0. The van der Waals surface area contributed by atoms with E-state index in [1.165, 1.54) is 12.1 Å². The maximum Gasteiger partial charge on any atom is 0.226 e. The first-order chi connectivity index (χ1) is 15.1. The SMILES string of the molecule is CN=C(NCCc1ccc(OC)c(OC)c1)NCCc1coc(-c2ccc(F)cc2)n1. The van der Waals surface area contributed by atoms with Crippen molar-refractivity contribution in [2.45, 2.75) is 12.8 Å². The fraction of sp³-hybridized carbons (Fsp3) is 0.304. The third-order valence-corrected chi connectivity index (χ3v) is 4.69. The monoisotopic (exact) mass is 426 g/mol. The molecule has 31 heavy (non-hydrogen) atoms. The minimum atomic E-state index is -0.287. The lowest BCUT2D eigenvalue weighted by Gasteiger charge is -2.12. The summed E-state index contributed by atoms with van der Waals surface area (Å²) in [6.07, 6.45) is 3.10. The molecule has 0 unspecified atom stereocenters. The highest BCUT2D eigenvalue weighted by molar-refractivity contribution is 5.79. The lowest BCUT2D eigenvalue weighted by molar-refractivity contribution is 0.354. The van der Waals surface area contributed by atoms with Crippen LogP contribution in [0.2, 0.25) is 0 Å². The summed E-state index contributed by atoms with van der Waals surface area (Å²) in [7, 11) is 4.98. The number of hydrogen-bond acceptors (Lipinski definition) is 5. The van der Waals surface area contributed by atoms with Crippen LogP contribution in [0.15, 0.2) is 58.1 Å². The molecule has 1 heterocycles. The number of rotatable bonds is 9. The summed E-state index contributed by atoms with van der Waals surface area (Å²) in [4.78, 5) is 8.70. The molecule has 0 radical (unpaired) electrons. The van der Waals surface area contributed by atoms with Crippen LogP contribution in [-0.4, -0.2) is 45.3 Å². The maximum absolute atomic E-state index is 13.0. The van der Waals surface area contributed by atoms with Crippen LogP contribution < -0.4 is 20.1 Å². The molecule has 0 aliphatic heterocycles. The minimum Gasteiger partial charge on any atom is -0.493 e. The van der Waals surface area contributed by atoms with Gasteiger partial charge in [0.2, 0.25) is 5.89 Å². The molecule has 0 aliphatic carbocycles. The zero-order chi connectivity index (χ0) is 22.1. The second-order valence-electron chi connectivity index (χ2n) is 6.77. The van der Waals surface area contributed by atoms with E-state index < -0.39 is 0 Å². The second-order valence-corrected chi connectivity index (χ2v) is 6.77. The van der Waals surface area contributed by atoms with Crippen molar-refractivity contribution < 1.29 is 18.3 Å². The fourth-order valence-corrected chi connectivity index (χ4v) is 3.04. The Kier molecular flexibility index (Phi) is 7.86. The Morgan fingerprint density at radius 2 is 1.71 bits per heavy atom. The molecule has 0 saturated carbocycles. The number of aromatic nitrogens is 1. The van der Waals surface area contributed by atoms with Crippen molar-refractivity contribution in [1.29, 1.82) is 0 Å². The molecule has 0 fully saturated rings. The predicted molar refractivity (Wildman–Crippen MR) is 118 cm³/mol. The van der Waals surface area contributed by atoms with E-state index in [4.69, 9.17) is 13.9 Å². The summed E-state index contributed by atoms with van der Waals surface area (Å²) < 4.78 is 29.2. The third-order valence-electron chi connectivity index (χ3n) is 4.69. The van der Waals surface area contributed by atoms with Crippen molar-refractivity contribution >= 4 is 5.96 Å². The number of ether oxygens (including phenoxy) is 2. The molecule has 0 bridgehead atoms. The van der Waals surface area contributed by atoms with Crippen molar-refractivity contribution in [3.63, 3.8) is 0 Å². The molecule has 0 aliphatic rings. The van der Waals surface area contributed by atoms with Gasteiger partial charge in [-0.05, 0) is 48.4 Å². The number of guanidine groups is 1. The lowest BCUT2D eigenvalue weighted by Crippen LogP contribution is -2.39. The molecule has 8 heteroatoms. The number of methoxy groups -OCH3 is 2. The summed E-state index contributed by atoms with van der Waals surface area (Å²) >= 11 is 0. The van der Waals surface area contributed by atoms with E-state index in [9.17, 15) is 4.39 Å². The molecule has 7 nitrogen and oxygen atoms in total. The van der Waals surface area contributed by atoms with Gasteiger partial charge in [-0.2, -0.15) is 0 Å². The Morgan fingerprint density at radius 1 is 1.00 bits per heavy atom. The van der Waals surface area contributed by atoms with Crippen molar-refractivity contribution in [1.82, 2.24) is 15.6 Å². The van der Waals surface area contributed by atoms with Gasteiger partial charge >= 0.3 is 0 Å². The average Bonchev–Trinajstić information content (AvgIpc) is 3.27. The predicted octanol–water partition coefficient (Wildman–Crippen LogP) is 3.45. The third kappa shape index (κ3) is 6.21. The molecule has 2 aromatic carbocycles. The molecular weight excluding hydrogens is 399 g/mol. The van der Waals surface area contributed by atoms with E-state index in [-0.39, 0.29) is 5.82 Å². The summed E-state index contributed by atoms with van der Waals surface area (Å²) in [5.41, 5.74) is 2.69. The van der Waals surface area contributed by atoms with E-state index >= 15 is 0 Å². The lowest BCUT2D eigenvalue weighted by atomic mass is 10.1. The average molecular weight is 426 g/mol. The van der Waals surface area contributed by atoms with Crippen LogP contribution >= 0.6 is 0 Å². The van der Waals surface area contributed by atoms with Crippen LogP contribution in [0.5, 0.6) is 11.5 Å². The first kappa shape index (κ1) is 22.1. The topological polar surface area (TPSA) is 80.9 Å². The Balaban J connectivity index is 1.43. The maximum atomic E-state index is 13.0. The van der Waals surface area contributed by atoms with E-state index in [2.05, 4.69) is 20.6 Å². The minimum absolute atomic E-state index is 0.287. The van der Waals surface area contributed by atoms with Gasteiger partial charge in [-0.25, -0.2) is 9.37 Å². The molecule has 0 atom stereocenters. The summed E-state index contributed by atoms with van der Waals surface area (Å²) in [5.74, 6) is 2.34. The zero-order valence-electron chi connectivity index (χ0n) is 17.9. The molecule has 0 spiro atoms. The van der Waals surface area contributed by atoms with Gasteiger partial charge in [0.1, 0.15) is 12.1 Å². The van der Waals surface area contributed by atoms with Crippen molar-refractivity contribution in [3.05, 3.63) is 65.8 Å². The second kappa shape index (κ2) is 11.0. The Labute approximate surface area is 181 Å². The smallest absolute Gasteiger partial charge is 0.226 e. The van der Waals surface area contributed by atoms with Gasteiger partial charge < -0.3 is 24.5 Å². The quantitative estimate of drug-likeness (QED) is 0.403. The molecule has 0 amide bonds. The highest BCUT2D eigenvalue weighted by Crippen LogP contribution is 2.27. The van der Waals surface area contributed by atoms with Crippen LogP contribution in [0.1, 0.15) is 11.3 Å². The number of nitrogens with zero attached hydrogens (tertiary/aromatic N) is 2. The van der Waals surface area contributed by atoms with Crippen molar-refractivity contribution in [2.24, 2.45) is 4.99 Å². The van der Waals surface area contributed by atoms with Crippen LogP contribution in [-0.2, 0) is 12.8 Å². The first-order valence-electron chi connectivity index (χ1n) is 9.98. The molecule has 2 N–H and O–H groups in total. The Morgan fingerprint density at radius 3 is 2.39 bits per heavy atom. The Hall–Kier alpha value is -3.55. The number of aliphatic imine (C=N–C) groups is 1. The van der Waals surface area contributed by atoms with Crippen LogP contribution in [0.3, 0.4) is 0 Å². The van der Waals surface area contributed by atoms with Crippen molar-refractivity contribution in [3.8, 4) is 23.0 Å². The highest BCUT2D eigenvalue weighted by atomic mass is 19.1. The van der Waals surface area contributed by atoms with E-state index in [0.29, 0.717) is 37.1 Å². The molecule has 164 valence electrons. The first-order valence-corrected chi connectivity index (χ1v) is 9.98. The van der Waals surface area contributed by atoms with Gasteiger partial charge in [0.15, 0.2) is 17.5 Å². The van der Waals surface area contributed by atoms with Gasteiger partial charge in [0, 0.05) is 32.1 Å². The van der Waals surface area contributed by atoms with Crippen molar-refractivity contribution in [2.75, 3.05) is 34.4 Å². The fourth-order valence-electron chi connectivity index (χ4n) is 3.04. The number of benzene rings is 2. The van der Waals surface area contributed by atoms with Crippen LogP contribution in [0.25, 0.3) is 11.5 Å². The number of halogens is 1. The molecular formula is C23H27FN4O3. The summed E-state index contributed by atoms with van der Waals surface area (Å²) in [6.45, 7) is 1.36. The number of oxazole rings is 1. The van der Waals surface area contributed by atoms with Crippen LogP contribution in [0, 0.1) is 5.82 Å². The van der Waals surface area contributed by atoms with Crippen LogP contribution in [0.4, 0.5) is 4.39 Å². The number of hydrogen-bond donors (Lipinski definition) is 2. The van der Waals surface area contributed by atoms with Gasteiger partial charge in [-0.15, -0.1) is 0 Å². The molecule has 0 saturated heterocycles. The van der Waals surface area contributed by atoms with E-state index in [1.54, 1.807) is 39.7 Å².